The summed E-state index contributed by atoms with van der Waals surface area (Å²) in [7, 11) is 0. The number of ether oxygens (including phenoxy) is 2. The van der Waals surface area contributed by atoms with Gasteiger partial charge in [0.1, 0.15) is 25.3 Å². The lowest BCUT2D eigenvalue weighted by molar-refractivity contribution is -0.134. The van der Waals surface area contributed by atoms with Crippen LogP contribution in [0, 0.1) is 0 Å². The van der Waals surface area contributed by atoms with Gasteiger partial charge in [-0.05, 0) is 31.0 Å². The van der Waals surface area contributed by atoms with Crippen LogP contribution in [-0.2, 0) is 15.1 Å². The minimum atomic E-state index is -1.25. The number of benzene rings is 1. The average Bonchev–Trinajstić information content (AvgIpc) is 2.83. The summed E-state index contributed by atoms with van der Waals surface area (Å²) in [6, 6.07) is 4.53. The molecule has 8 nitrogen and oxygen atoms in total. The van der Waals surface area contributed by atoms with Gasteiger partial charge in [-0.15, -0.1) is 0 Å². The van der Waals surface area contributed by atoms with Crippen LogP contribution in [0.5, 0.6) is 11.5 Å². The predicted octanol–water partition coefficient (Wildman–Crippen LogP) is 0.751. The van der Waals surface area contributed by atoms with Gasteiger partial charge in [0, 0.05) is 6.54 Å². The molecule has 1 aromatic carbocycles. The number of amides is 4. The van der Waals surface area contributed by atoms with E-state index in [0.29, 0.717) is 36.8 Å². The first-order valence-electron chi connectivity index (χ1n) is 8.26. The van der Waals surface area contributed by atoms with Crippen LogP contribution in [-0.4, -0.2) is 49.0 Å². The molecule has 134 valence electrons. The lowest BCUT2D eigenvalue weighted by Crippen LogP contribution is -2.43. The molecule has 0 aromatic heterocycles. The number of carbonyl (C=O) groups excluding carboxylic acids is 3. The number of rotatable bonds is 5. The summed E-state index contributed by atoms with van der Waals surface area (Å²) < 4.78 is 11.0. The highest BCUT2D eigenvalue weighted by Crippen LogP contribution is 2.36. The molecule has 1 aromatic rings. The molecule has 0 saturated carbocycles. The van der Waals surface area contributed by atoms with E-state index in [0.717, 1.165) is 11.3 Å². The second-order valence-corrected chi connectivity index (χ2v) is 6.15. The first-order chi connectivity index (χ1) is 12.0. The third-order valence-corrected chi connectivity index (χ3v) is 4.27. The fraction of sp³-hybridized carbons (Fsp3) is 0.471. The maximum absolute atomic E-state index is 12.8. The molecule has 0 unspecified atom stereocenters. The minimum Gasteiger partial charge on any atom is -0.486 e. The predicted molar refractivity (Wildman–Crippen MR) is 88.3 cm³/mol. The number of carbonyl (C=O) groups is 3. The summed E-state index contributed by atoms with van der Waals surface area (Å²) in [4.78, 5) is 37.8. The smallest absolute Gasteiger partial charge is 0.325 e. The average molecular weight is 347 g/mol. The van der Waals surface area contributed by atoms with Crippen molar-refractivity contribution in [1.82, 2.24) is 15.5 Å². The molecular weight excluding hydrogens is 326 g/mol. The Kier molecular flexibility index (Phi) is 4.52. The van der Waals surface area contributed by atoms with Crippen LogP contribution in [0.1, 0.15) is 25.8 Å². The Balaban J connectivity index is 1.81. The standard InChI is InChI=1S/C17H21N3O5/c1-3-6-18-14(21)10-20-15(22)17(2,19-16(20)23)11-4-5-12-13(9-11)25-8-7-24-12/h4-5,9H,3,6-8,10H2,1-2H3,(H,18,21)(H,19,23)/t17-/m1/s1. The van der Waals surface area contributed by atoms with Gasteiger partial charge in [-0.1, -0.05) is 13.0 Å². The van der Waals surface area contributed by atoms with Crippen LogP contribution < -0.4 is 20.1 Å². The van der Waals surface area contributed by atoms with Gasteiger partial charge in [0.2, 0.25) is 5.91 Å². The monoisotopic (exact) mass is 347 g/mol. The number of fused-ring (bicyclic) bond motifs is 1. The lowest BCUT2D eigenvalue weighted by Gasteiger charge is -2.25. The Morgan fingerprint density at radius 1 is 1.28 bits per heavy atom. The lowest BCUT2D eigenvalue weighted by atomic mass is 9.91. The van der Waals surface area contributed by atoms with Crippen molar-refractivity contribution >= 4 is 17.8 Å². The van der Waals surface area contributed by atoms with Crippen LogP contribution in [0.4, 0.5) is 4.79 Å². The van der Waals surface area contributed by atoms with E-state index >= 15 is 0 Å². The largest absolute Gasteiger partial charge is 0.486 e. The van der Waals surface area contributed by atoms with Gasteiger partial charge in [-0.25, -0.2) is 4.79 Å². The first-order valence-corrected chi connectivity index (χ1v) is 8.26. The molecule has 2 aliphatic rings. The van der Waals surface area contributed by atoms with E-state index in [1.54, 1.807) is 25.1 Å². The maximum atomic E-state index is 12.8. The van der Waals surface area contributed by atoms with Gasteiger partial charge in [0.05, 0.1) is 0 Å². The van der Waals surface area contributed by atoms with Gasteiger partial charge in [-0.3, -0.25) is 14.5 Å². The summed E-state index contributed by atoms with van der Waals surface area (Å²) in [6.07, 6.45) is 0.779. The van der Waals surface area contributed by atoms with Crippen molar-refractivity contribution in [2.45, 2.75) is 25.8 Å². The molecular formula is C17H21N3O5. The van der Waals surface area contributed by atoms with Gasteiger partial charge < -0.3 is 20.1 Å². The minimum absolute atomic E-state index is 0.301. The van der Waals surface area contributed by atoms with E-state index in [4.69, 9.17) is 9.47 Å². The Morgan fingerprint density at radius 2 is 2.00 bits per heavy atom. The molecule has 2 heterocycles. The molecule has 8 heteroatoms. The van der Waals surface area contributed by atoms with Gasteiger partial charge >= 0.3 is 6.03 Å². The second-order valence-electron chi connectivity index (χ2n) is 6.15. The molecule has 25 heavy (non-hydrogen) atoms. The van der Waals surface area contributed by atoms with E-state index in [1.807, 2.05) is 6.92 Å². The van der Waals surface area contributed by atoms with Gasteiger partial charge in [-0.2, -0.15) is 0 Å². The zero-order chi connectivity index (χ0) is 18.0. The molecule has 0 radical (unpaired) electrons. The highest BCUT2D eigenvalue weighted by molar-refractivity contribution is 6.09. The number of hydrogen-bond acceptors (Lipinski definition) is 5. The molecule has 2 N–H and O–H groups in total. The highest BCUT2D eigenvalue weighted by Gasteiger charge is 2.49. The van der Waals surface area contributed by atoms with Gasteiger partial charge in [0.15, 0.2) is 11.5 Å². The molecule has 4 amide bonds. The third-order valence-electron chi connectivity index (χ3n) is 4.27. The quantitative estimate of drug-likeness (QED) is 0.766. The second kappa shape index (κ2) is 6.62. The normalized spacial score (nSPS) is 21.9. The van der Waals surface area contributed by atoms with Crippen LogP contribution in [0.25, 0.3) is 0 Å². The molecule has 1 fully saturated rings. The third kappa shape index (κ3) is 3.11. The number of hydrogen-bond donors (Lipinski definition) is 2. The number of urea groups is 1. The van der Waals surface area contributed by atoms with Crippen LogP contribution in [0.3, 0.4) is 0 Å². The molecule has 0 spiro atoms. The Labute approximate surface area is 145 Å². The van der Waals surface area contributed by atoms with Gasteiger partial charge in [0.25, 0.3) is 5.91 Å². The topological polar surface area (TPSA) is 97.0 Å². The van der Waals surface area contributed by atoms with E-state index in [-0.39, 0.29) is 12.5 Å². The summed E-state index contributed by atoms with van der Waals surface area (Å²) >= 11 is 0. The van der Waals surface area contributed by atoms with Crippen LogP contribution in [0.2, 0.25) is 0 Å². The Bertz CT molecular complexity index is 720. The van der Waals surface area contributed by atoms with Crippen molar-refractivity contribution in [2.75, 3.05) is 26.3 Å². The molecule has 1 atom stereocenters. The fourth-order valence-electron chi connectivity index (χ4n) is 2.85. The highest BCUT2D eigenvalue weighted by atomic mass is 16.6. The van der Waals surface area contributed by atoms with Crippen molar-refractivity contribution in [1.29, 1.82) is 0 Å². The van der Waals surface area contributed by atoms with E-state index in [1.165, 1.54) is 0 Å². The maximum Gasteiger partial charge on any atom is 0.325 e. The van der Waals surface area contributed by atoms with Crippen LogP contribution >= 0.6 is 0 Å². The summed E-state index contributed by atoms with van der Waals surface area (Å²) in [5.74, 6) is 0.301. The first kappa shape index (κ1) is 17.1. The molecule has 1 saturated heterocycles. The summed E-state index contributed by atoms with van der Waals surface area (Å²) in [6.45, 7) is 4.64. The van der Waals surface area contributed by atoms with E-state index in [2.05, 4.69) is 10.6 Å². The SMILES string of the molecule is CCCNC(=O)CN1C(=O)N[C@](C)(c2ccc3c(c2)OCCO3)C1=O. The van der Waals surface area contributed by atoms with Crippen molar-refractivity contribution in [3.8, 4) is 11.5 Å². The zero-order valence-electron chi connectivity index (χ0n) is 14.3. The number of imide groups is 1. The van der Waals surface area contributed by atoms with Crippen molar-refractivity contribution in [2.24, 2.45) is 0 Å². The number of nitrogens with one attached hydrogen (secondary N) is 2. The Hall–Kier alpha value is -2.77. The fourth-order valence-corrected chi connectivity index (χ4v) is 2.85. The van der Waals surface area contributed by atoms with Crippen molar-refractivity contribution in [3.05, 3.63) is 23.8 Å². The summed E-state index contributed by atoms with van der Waals surface area (Å²) in [5, 5.41) is 5.33. The van der Waals surface area contributed by atoms with E-state index in [9.17, 15) is 14.4 Å². The summed E-state index contributed by atoms with van der Waals surface area (Å²) in [5.41, 5.74) is -0.677. The molecule has 3 rings (SSSR count). The van der Waals surface area contributed by atoms with E-state index < -0.39 is 17.5 Å². The zero-order valence-corrected chi connectivity index (χ0v) is 14.3. The number of nitrogens with zero attached hydrogens (tertiary/aromatic N) is 1. The molecule has 0 bridgehead atoms. The Morgan fingerprint density at radius 3 is 2.72 bits per heavy atom. The molecule has 2 aliphatic heterocycles. The molecule has 0 aliphatic carbocycles. The van der Waals surface area contributed by atoms with Crippen molar-refractivity contribution < 1.29 is 23.9 Å². The van der Waals surface area contributed by atoms with Crippen LogP contribution in [0.15, 0.2) is 18.2 Å². The van der Waals surface area contributed by atoms with Crippen molar-refractivity contribution in [3.63, 3.8) is 0 Å².